The number of para-hydroxylation sites is 2. The minimum atomic E-state index is -0.385. The molecule has 6 rings (SSSR count). The van der Waals surface area contributed by atoms with Crippen molar-refractivity contribution in [1.29, 1.82) is 0 Å². The van der Waals surface area contributed by atoms with E-state index in [2.05, 4.69) is 15.2 Å². The average Bonchev–Trinajstić information content (AvgIpc) is 3.55. The number of nitrogens with one attached hydrogen (secondary N) is 1. The summed E-state index contributed by atoms with van der Waals surface area (Å²) in [5.74, 6) is 0.174. The highest BCUT2D eigenvalue weighted by atomic mass is 16.2. The van der Waals surface area contributed by atoms with Gasteiger partial charge in [-0.25, -0.2) is 4.98 Å². The van der Waals surface area contributed by atoms with Gasteiger partial charge in [-0.2, -0.15) is 4.98 Å². The van der Waals surface area contributed by atoms with Crippen molar-refractivity contribution in [2.75, 3.05) is 57.3 Å². The lowest BCUT2D eigenvalue weighted by molar-refractivity contribution is -0.129. The molecule has 11 heteroatoms. The van der Waals surface area contributed by atoms with Crippen molar-refractivity contribution in [2.24, 2.45) is 7.05 Å². The normalized spacial score (nSPS) is 16.7. The number of hydrogen-bond acceptors (Lipinski definition) is 7. The number of fused-ring (bicyclic) bond motifs is 5. The maximum atomic E-state index is 13.8. The summed E-state index contributed by atoms with van der Waals surface area (Å²) in [7, 11) is 1.87. The second-order valence-electron chi connectivity index (χ2n) is 10.1. The van der Waals surface area contributed by atoms with Crippen LogP contribution in [0.4, 0.5) is 5.95 Å². The zero-order chi connectivity index (χ0) is 26.4. The maximum absolute atomic E-state index is 13.8. The Morgan fingerprint density at radius 3 is 2.42 bits per heavy atom. The van der Waals surface area contributed by atoms with Gasteiger partial charge in [0.2, 0.25) is 17.3 Å². The van der Waals surface area contributed by atoms with E-state index < -0.39 is 0 Å². The molecule has 11 nitrogen and oxygen atoms in total. The van der Waals surface area contributed by atoms with Crippen LogP contribution in [0.3, 0.4) is 0 Å². The van der Waals surface area contributed by atoms with E-state index in [1.54, 1.807) is 11.8 Å². The molecule has 0 bridgehead atoms. The molecule has 2 aliphatic heterocycles. The van der Waals surface area contributed by atoms with Crippen LogP contribution in [0.1, 0.15) is 30.1 Å². The molecule has 198 valence electrons. The highest BCUT2D eigenvalue weighted by Crippen LogP contribution is 2.26. The van der Waals surface area contributed by atoms with Gasteiger partial charge in [-0.3, -0.25) is 18.8 Å². The highest BCUT2D eigenvalue weighted by Gasteiger charge is 2.26. The SMILES string of the molecule is CC(=O)N1CCN(c2ncc3c(=O)c(C(=O)NCCN4CCCC4)c4n(C)c5ccccc5n4c3n2)CC1. The van der Waals surface area contributed by atoms with Crippen LogP contribution >= 0.6 is 0 Å². The first kappa shape index (κ1) is 24.4. The van der Waals surface area contributed by atoms with E-state index in [1.165, 1.54) is 19.0 Å². The van der Waals surface area contributed by atoms with Crippen LogP contribution in [-0.2, 0) is 11.8 Å². The maximum Gasteiger partial charge on any atom is 0.259 e. The molecule has 0 unspecified atom stereocenters. The van der Waals surface area contributed by atoms with E-state index in [0.717, 1.165) is 30.7 Å². The lowest BCUT2D eigenvalue weighted by atomic mass is 10.2. The van der Waals surface area contributed by atoms with Crippen LogP contribution < -0.4 is 15.6 Å². The molecule has 5 heterocycles. The second-order valence-corrected chi connectivity index (χ2v) is 10.1. The lowest BCUT2D eigenvalue weighted by Gasteiger charge is -2.34. The molecule has 0 radical (unpaired) electrons. The first-order valence-corrected chi connectivity index (χ1v) is 13.2. The summed E-state index contributed by atoms with van der Waals surface area (Å²) >= 11 is 0. The van der Waals surface area contributed by atoms with Gasteiger partial charge < -0.3 is 24.6 Å². The molecule has 4 aromatic rings. The lowest BCUT2D eigenvalue weighted by Crippen LogP contribution is -2.48. The molecule has 0 atom stereocenters. The van der Waals surface area contributed by atoms with Crippen LogP contribution in [0, 0.1) is 0 Å². The van der Waals surface area contributed by atoms with Gasteiger partial charge in [-0.1, -0.05) is 12.1 Å². The largest absolute Gasteiger partial charge is 0.351 e. The zero-order valence-electron chi connectivity index (χ0n) is 21.8. The predicted octanol–water partition coefficient (Wildman–Crippen LogP) is 1.23. The number of carbonyl (C=O) groups excluding carboxylic acids is 2. The van der Waals surface area contributed by atoms with Gasteiger partial charge in [0.1, 0.15) is 11.2 Å². The van der Waals surface area contributed by atoms with Gasteiger partial charge >= 0.3 is 0 Å². The van der Waals surface area contributed by atoms with Gasteiger partial charge in [-0.05, 0) is 38.1 Å². The number of pyridine rings is 1. The summed E-state index contributed by atoms with van der Waals surface area (Å²) in [6.07, 6.45) is 3.91. The average molecular weight is 517 g/mol. The number of imidazole rings is 1. The minimum absolute atomic E-state index is 0.0549. The summed E-state index contributed by atoms with van der Waals surface area (Å²) < 4.78 is 3.79. The van der Waals surface area contributed by atoms with E-state index >= 15 is 0 Å². The molecule has 0 aliphatic carbocycles. The van der Waals surface area contributed by atoms with Crippen molar-refractivity contribution < 1.29 is 9.59 Å². The standard InChI is InChI=1S/C27H32N8O3/c1-18(36)33-13-15-34(16-14-33)27-29-17-19-23(37)22(25(38)28-9-12-32-10-5-6-11-32)26-31(2)20-7-3-4-8-21(20)35(26)24(19)30-27/h3-4,7-8,17H,5-6,9-16H2,1-2H3,(H,28,38). The molecule has 1 N–H and O–H groups in total. The molecule has 3 aromatic heterocycles. The fraction of sp³-hybridized carbons (Fsp3) is 0.444. The van der Waals surface area contributed by atoms with Crippen LogP contribution in [0.25, 0.3) is 27.7 Å². The Labute approximate surface area is 219 Å². The van der Waals surface area contributed by atoms with E-state index in [0.29, 0.717) is 55.4 Å². The third-order valence-electron chi connectivity index (χ3n) is 7.82. The molecular weight excluding hydrogens is 484 g/mol. The highest BCUT2D eigenvalue weighted by molar-refractivity contribution is 6.05. The van der Waals surface area contributed by atoms with Crippen LogP contribution in [0.5, 0.6) is 0 Å². The summed E-state index contributed by atoms with van der Waals surface area (Å²) in [6.45, 7) is 7.32. The number of aromatic nitrogens is 4. The van der Waals surface area contributed by atoms with Crippen LogP contribution in [-0.4, -0.2) is 92.9 Å². The van der Waals surface area contributed by atoms with Gasteiger partial charge in [0.05, 0.1) is 16.4 Å². The number of aryl methyl sites for hydroxylation is 1. The Morgan fingerprint density at radius 1 is 1.00 bits per heavy atom. The van der Waals surface area contributed by atoms with E-state index in [4.69, 9.17) is 4.98 Å². The number of amides is 2. The summed E-state index contributed by atoms with van der Waals surface area (Å²) in [4.78, 5) is 54.6. The molecule has 0 saturated carbocycles. The first-order chi connectivity index (χ1) is 18.4. The van der Waals surface area contributed by atoms with Gasteiger partial charge in [0, 0.05) is 59.4 Å². The summed E-state index contributed by atoms with van der Waals surface area (Å²) in [5, 5.41) is 3.28. The number of likely N-dealkylation sites (tertiary alicyclic amines) is 1. The number of piperazine rings is 1. The van der Waals surface area contributed by atoms with Gasteiger partial charge in [-0.15, -0.1) is 0 Å². The predicted molar refractivity (Wildman–Crippen MR) is 146 cm³/mol. The Balaban J connectivity index is 1.45. The molecule has 2 saturated heterocycles. The van der Waals surface area contributed by atoms with E-state index in [9.17, 15) is 14.4 Å². The van der Waals surface area contributed by atoms with Gasteiger partial charge in [0.15, 0.2) is 5.65 Å². The summed E-state index contributed by atoms with van der Waals surface area (Å²) in [6, 6.07) is 7.81. The number of benzene rings is 1. The monoisotopic (exact) mass is 516 g/mol. The Hall–Kier alpha value is -3.99. The van der Waals surface area contributed by atoms with E-state index in [-0.39, 0.29) is 22.8 Å². The smallest absolute Gasteiger partial charge is 0.259 e. The molecule has 0 spiro atoms. The third-order valence-corrected chi connectivity index (χ3v) is 7.82. The summed E-state index contributed by atoms with van der Waals surface area (Å²) in [5.41, 5.74) is 2.44. The quantitative estimate of drug-likeness (QED) is 0.425. The molecule has 1 aromatic carbocycles. The zero-order valence-corrected chi connectivity index (χ0v) is 21.8. The number of hydrogen-bond donors (Lipinski definition) is 1. The molecule has 2 fully saturated rings. The Morgan fingerprint density at radius 2 is 1.71 bits per heavy atom. The topological polar surface area (TPSA) is 108 Å². The van der Waals surface area contributed by atoms with Crippen molar-refractivity contribution in [1.82, 2.24) is 34.1 Å². The molecule has 2 amide bonds. The fourth-order valence-corrected chi connectivity index (χ4v) is 5.74. The fourth-order valence-electron chi connectivity index (χ4n) is 5.74. The number of nitrogens with zero attached hydrogens (tertiary/aromatic N) is 7. The number of anilines is 1. The van der Waals surface area contributed by atoms with E-state index in [1.807, 2.05) is 45.2 Å². The van der Waals surface area contributed by atoms with Crippen LogP contribution in [0.15, 0.2) is 35.3 Å². The first-order valence-electron chi connectivity index (χ1n) is 13.2. The third kappa shape index (κ3) is 4.07. The van der Waals surface area contributed by atoms with Crippen molar-refractivity contribution in [2.45, 2.75) is 19.8 Å². The van der Waals surface area contributed by atoms with Crippen LogP contribution in [0.2, 0.25) is 0 Å². The molecule has 2 aliphatic rings. The number of carbonyl (C=O) groups is 2. The number of rotatable bonds is 5. The molecule has 38 heavy (non-hydrogen) atoms. The van der Waals surface area contributed by atoms with Gasteiger partial charge in [0.25, 0.3) is 5.91 Å². The Kier molecular flexibility index (Phi) is 6.22. The molecular formula is C27H32N8O3. The van der Waals surface area contributed by atoms with Crippen molar-refractivity contribution in [3.63, 3.8) is 0 Å². The second kappa shape index (κ2) is 9.71. The van der Waals surface area contributed by atoms with Crippen molar-refractivity contribution in [3.8, 4) is 0 Å². The van der Waals surface area contributed by atoms with Crippen molar-refractivity contribution in [3.05, 3.63) is 46.2 Å². The minimum Gasteiger partial charge on any atom is -0.351 e. The Bertz CT molecular complexity index is 1610. The van der Waals surface area contributed by atoms with Crippen molar-refractivity contribution >= 4 is 45.5 Å².